The molecule has 0 unspecified atom stereocenters. The van der Waals surface area contributed by atoms with Crippen LogP contribution >= 0.6 is 11.8 Å². The largest absolute Gasteiger partial charge is 0.497 e. The third-order valence-electron chi connectivity index (χ3n) is 3.33. The number of tetrazole rings is 1. The van der Waals surface area contributed by atoms with E-state index >= 15 is 0 Å². The zero-order chi connectivity index (χ0) is 15.5. The fraction of sp³-hybridized carbons (Fsp3) is 0.429. The SMILES string of the molecule is COc1ccc(-n2nnnc2S[C@H](C)C(=O)NC2CC2)cc1. The smallest absolute Gasteiger partial charge is 0.233 e. The average Bonchev–Trinajstić information content (AvgIpc) is 3.23. The molecule has 0 spiro atoms. The third kappa shape index (κ3) is 3.38. The standard InChI is InChI=1S/C14H17N5O2S/c1-9(13(20)15-10-3-4-10)22-14-16-17-18-19(14)11-5-7-12(21-2)8-6-11/h5-10H,3-4H2,1-2H3,(H,15,20)/t9-/m1/s1. The van der Waals surface area contributed by atoms with Crippen LogP contribution in [0.3, 0.4) is 0 Å². The zero-order valence-corrected chi connectivity index (χ0v) is 13.2. The summed E-state index contributed by atoms with van der Waals surface area (Å²) in [7, 11) is 1.62. The third-order valence-corrected chi connectivity index (χ3v) is 4.37. The Bertz CT molecular complexity index is 654. The Kier molecular flexibility index (Phi) is 4.28. The lowest BCUT2D eigenvalue weighted by atomic mass is 10.3. The highest BCUT2D eigenvalue weighted by molar-refractivity contribution is 8.00. The van der Waals surface area contributed by atoms with E-state index in [2.05, 4.69) is 20.8 Å². The van der Waals surface area contributed by atoms with Gasteiger partial charge in [-0.1, -0.05) is 11.8 Å². The van der Waals surface area contributed by atoms with Gasteiger partial charge in [-0.25, -0.2) is 0 Å². The van der Waals surface area contributed by atoms with Crippen LogP contribution in [0, 0.1) is 0 Å². The summed E-state index contributed by atoms with van der Waals surface area (Å²) in [6, 6.07) is 7.78. The molecular weight excluding hydrogens is 302 g/mol. The molecule has 22 heavy (non-hydrogen) atoms. The number of methoxy groups -OCH3 is 1. The summed E-state index contributed by atoms with van der Waals surface area (Å²) in [4.78, 5) is 12.0. The van der Waals surface area contributed by atoms with Crippen molar-refractivity contribution in [3.05, 3.63) is 24.3 Å². The number of carbonyl (C=O) groups excluding carboxylic acids is 1. The van der Waals surface area contributed by atoms with Crippen LogP contribution in [0.4, 0.5) is 0 Å². The van der Waals surface area contributed by atoms with Crippen molar-refractivity contribution in [1.82, 2.24) is 25.5 Å². The van der Waals surface area contributed by atoms with Crippen molar-refractivity contribution < 1.29 is 9.53 Å². The van der Waals surface area contributed by atoms with Crippen LogP contribution in [0.2, 0.25) is 0 Å². The Balaban J connectivity index is 1.71. The van der Waals surface area contributed by atoms with Crippen LogP contribution in [0.25, 0.3) is 5.69 Å². The molecule has 0 radical (unpaired) electrons. The Labute approximate surface area is 132 Å². The predicted molar refractivity (Wildman–Crippen MR) is 82.2 cm³/mol. The average molecular weight is 319 g/mol. The first-order chi connectivity index (χ1) is 10.7. The van der Waals surface area contributed by atoms with E-state index in [0.29, 0.717) is 11.2 Å². The molecule has 1 aromatic carbocycles. The molecule has 3 rings (SSSR count). The molecule has 7 nitrogen and oxygen atoms in total. The lowest BCUT2D eigenvalue weighted by Crippen LogP contribution is -2.32. The van der Waals surface area contributed by atoms with Gasteiger partial charge in [0.15, 0.2) is 0 Å². The number of hydrogen-bond donors (Lipinski definition) is 1. The molecular formula is C14H17N5O2S. The summed E-state index contributed by atoms with van der Waals surface area (Å²) in [5, 5.41) is 15.0. The van der Waals surface area contributed by atoms with Crippen LogP contribution < -0.4 is 10.1 Å². The van der Waals surface area contributed by atoms with Gasteiger partial charge in [-0.2, -0.15) is 4.68 Å². The van der Waals surface area contributed by atoms with Gasteiger partial charge >= 0.3 is 0 Å². The highest BCUT2D eigenvalue weighted by Gasteiger charge is 2.27. The van der Waals surface area contributed by atoms with Gasteiger partial charge in [0.05, 0.1) is 18.0 Å². The first-order valence-electron chi connectivity index (χ1n) is 7.07. The molecule has 116 valence electrons. The fourth-order valence-electron chi connectivity index (χ4n) is 1.90. The minimum atomic E-state index is -0.247. The number of nitrogens with zero attached hydrogens (tertiary/aromatic N) is 4. The van der Waals surface area contributed by atoms with Crippen molar-refractivity contribution in [1.29, 1.82) is 0 Å². The number of nitrogens with one attached hydrogen (secondary N) is 1. The van der Waals surface area contributed by atoms with Gasteiger partial charge in [-0.05, 0) is 54.5 Å². The molecule has 0 saturated heterocycles. The maximum absolute atomic E-state index is 12.0. The number of ether oxygens (including phenoxy) is 1. The second kappa shape index (κ2) is 6.35. The van der Waals surface area contributed by atoms with Crippen molar-refractivity contribution in [2.24, 2.45) is 0 Å². The fourth-order valence-corrected chi connectivity index (χ4v) is 2.71. The molecule has 1 aliphatic carbocycles. The molecule has 0 bridgehead atoms. The van der Waals surface area contributed by atoms with Gasteiger partial charge in [0.25, 0.3) is 0 Å². The molecule has 1 saturated carbocycles. The normalized spacial score (nSPS) is 15.4. The van der Waals surface area contributed by atoms with E-state index in [1.165, 1.54) is 11.8 Å². The first kappa shape index (κ1) is 14.8. The molecule has 1 N–H and O–H groups in total. The van der Waals surface area contributed by atoms with E-state index < -0.39 is 0 Å². The van der Waals surface area contributed by atoms with Crippen molar-refractivity contribution in [3.8, 4) is 11.4 Å². The van der Waals surface area contributed by atoms with Crippen molar-refractivity contribution in [3.63, 3.8) is 0 Å². The van der Waals surface area contributed by atoms with Crippen molar-refractivity contribution in [2.45, 2.75) is 36.2 Å². The second-order valence-electron chi connectivity index (χ2n) is 5.11. The summed E-state index contributed by atoms with van der Waals surface area (Å²) < 4.78 is 6.75. The van der Waals surface area contributed by atoms with E-state index in [1.807, 2.05) is 31.2 Å². The Hall–Kier alpha value is -2.09. The first-order valence-corrected chi connectivity index (χ1v) is 7.95. The van der Waals surface area contributed by atoms with Gasteiger partial charge in [-0.15, -0.1) is 5.10 Å². The number of benzene rings is 1. The van der Waals surface area contributed by atoms with Gasteiger partial charge in [0.2, 0.25) is 11.1 Å². The maximum Gasteiger partial charge on any atom is 0.233 e. The van der Waals surface area contributed by atoms with Crippen molar-refractivity contribution >= 4 is 17.7 Å². The monoisotopic (exact) mass is 319 g/mol. The van der Waals surface area contributed by atoms with Gasteiger partial charge in [0.1, 0.15) is 5.75 Å². The highest BCUT2D eigenvalue weighted by atomic mass is 32.2. The van der Waals surface area contributed by atoms with Gasteiger partial charge in [0, 0.05) is 6.04 Å². The molecule has 8 heteroatoms. The summed E-state index contributed by atoms with van der Waals surface area (Å²) in [6.07, 6.45) is 2.15. The van der Waals surface area contributed by atoms with Crippen LogP contribution in [0.5, 0.6) is 5.75 Å². The molecule has 1 aromatic heterocycles. The molecule has 1 atom stereocenters. The molecule has 1 fully saturated rings. The van der Waals surface area contributed by atoms with Crippen LogP contribution in [-0.4, -0.2) is 44.5 Å². The van der Waals surface area contributed by atoms with Crippen molar-refractivity contribution in [2.75, 3.05) is 7.11 Å². The Morgan fingerprint density at radius 3 is 2.77 bits per heavy atom. The number of carbonyl (C=O) groups is 1. The van der Waals surface area contributed by atoms with Gasteiger partial charge < -0.3 is 10.1 Å². The van der Waals surface area contributed by atoms with E-state index in [9.17, 15) is 4.79 Å². The number of aromatic nitrogens is 4. The minimum absolute atomic E-state index is 0.0248. The summed E-state index contributed by atoms with van der Waals surface area (Å²) in [5.74, 6) is 0.792. The maximum atomic E-state index is 12.0. The number of amides is 1. The number of rotatable bonds is 6. The number of hydrogen-bond acceptors (Lipinski definition) is 6. The highest BCUT2D eigenvalue weighted by Crippen LogP contribution is 2.25. The summed E-state index contributed by atoms with van der Waals surface area (Å²) >= 11 is 1.34. The van der Waals surface area contributed by atoms with E-state index in [4.69, 9.17) is 4.74 Å². The van der Waals surface area contributed by atoms with E-state index in [1.54, 1.807) is 11.8 Å². The summed E-state index contributed by atoms with van der Waals surface area (Å²) in [5.41, 5.74) is 0.822. The Morgan fingerprint density at radius 1 is 1.41 bits per heavy atom. The lowest BCUT2D eigenvalue weighted by molar-refractivity contribution is -0.120. The van der Waals surface area contributed by atoms with Crippen LogP contribution in [-0.2, 0) is 4.79 Å². The molecule has 1 amide bonds. The zero-order valence-electron chi connectivity index (χ0n) is 12.4. The quantitative estimate of drug-likeness (QED) is 0.811. The second-order valence-corrected chi connectivity index (χ2v) is 6.42. The summed E-state index contributed by atoms with van der Waals surface area (Å²) in [6.45, 7) is 1.86. The van der Waals surface area contributed by atoms with Gasteiger partial charge in [-0.3, -0.25) is 4.79 Å². The minimum Gasteiger partial charge on any atom is -0.497 e. The van der Waals surface area contributed by atoms with Crippen LogP contribution in [0.15, 0.2) is 29.4 Å². The predicted octanol–water partition coefficient (Wildman–Crippen LogP) is 1.43. The number of thioether (sulfide) groups is 1. The molecule has 0 aliphatic heterocycles. The molecule has 2 aromatic rings. The molecule has 1 aliphatic rings. The van der Waals surface area contributed by atoms with E-state index in [0.717, 1.165) is 24.3 Å². The van der Waals surface area contributed by atoms with E-state index in [-0.39, 0.29) is 11.2 Å². The lowest BCUT2D eigenvalue weighted by Gasteiger charge is -2.11. The van der Waals surface area contributed by atoms with Crippen LogP contribution in [0.1, 0.15) is 19.8 Å². The topological polar surface area (TPSA) is 81.9 Å². The molecule has 1 heterocycles. The Morgan fingerprint density at radius 2 is 2.14 bits per heavy atom.